The van der Waals surface area contributed by atoms with Gasteiger partial charge in [-0.1, -0.05) is 19.6 Å². The Labute approximate surface area is 170 Å². The fraction of sp³-hybridized carbons (Fsp3) is 0.348. The number of aromatic nitrogens is 5. The summed E-state index contributed by atoms with van der Waals surface area (Å²) in [7, 11) is 1.96. The fourth-order valence-corrected chi connectivity index (χ4v) is 3.55. The van der Waals surface area contributed by atoms with Crippen LogP contribution in [0.5, 0.6) is 0 Å². The van der Waals surface area contributed by atoms with Crippen molar-refractivity contribution in [2.75, 3.05) is 13.2 Å². The van der Waals surface area contributed by atoms with Crippen molar-refractivity contribution in [3.05, 3.63) is 66.3 Å². The first-order valence-corrected chi connectivity index (χ1v) is 10.0. The van der Waals surface area contributed by atoms with E-state index >= 15 is 0 Å². The van der Waals surface area contributed by atoms with Crippen molar-refractivity contribution >= 4 is 22.1 Å². The SMILES string of the molecule is C1CCOC1.C=C(C)c1ccc2ncc(C(C)c3ccc4c(cnn4C)c3)n2n1. The molecule has 1 atom stereocenters. The highest BCUT2D eigenvalue weighted by atomic mass is 16.5. The van der Waals surface area contributed by atoms with Crippen molar-refractivity contribution in [3.8, 4) is 0 Å². The highest BCUT2D eigenvalue weighted by Gasteiger charge is 2.16. The molecule has 0 bridgehead atoms. The van der Waals surface area contributed by atoms with E-state index in [-0.39, 0.29) is 5.92 Å². The average molecular weight is 390 g/mol. The van der Waals surface area contributed by atoms with E-state index in [4.69, 9.17) is 4.74 Å². The number of benzene rings is 1. The van der Waals surface area contributed by atoms with E-state index in [0.717, 1.165) is 46.7 Å². The van der Waals surface area contributed by atoms with Gasteiger partial charge in [0.05, 0.1) is 29.3 Å². The van der Waals surface area contributed by atoms with Crippen LogP contribution in [-0.2, 0) is 11.8 Å². The second kappa shape index (κ2) is 8.17. The Morgan fingerprint density at radius 1 is 1.14 bits per heavy atom. The van der Waals surface area contributed by atoms with E-state index in [2.05, 4.69) is 46.9 Å². The molecule has 0 radical (unpaired) electrons. The van der Waals surface area contributed by atoms with Crippen LogP contribution < -0.4 is 0 Å². The van der Waals surface area contributed by atoms with Crippen molar-refractivity contribution < 1.29 is 4.74 Å². The molecule has 1 aliphatic heterocycles. The van der Waals surface area contributed by atoms with E-state index < -0.39 is 0 Å². The van der Waals surface area contributed by atoms with Crippen molar-refractivity contribution in [2.24, 2.45) is 7.05 Å². The summed E-state index contributed by atoms with van der Waals surface area (Å²) in [4.78, 5) is 4.49. The van der Waals surface area contributed by atoms with Gasteiger partial charge in [-0.15, -0.1) is 0 Å². The van der Waals surface area contributed by atoms with Crippen molar-refractivity contribution in [2.45, 2.75) is 32.6 Å². The van der Waals surface area contributed by atoms with Gasteiger partial charge in [0, 0.05) is 31.6 Å². The summed E-state index contributed by atoms with van der Waals surface area (Å²) >= 11 is 0. The molecule has 3 aromatic heterocycles. The minimum absolute atomic E-state index is 0.178. The third-order valence-corrected chi connectivity index (χ3v) is 5.37. The smallest absolute Gasteiger partial charge is 0.153 e. The van der Waals surface area contributed by atoms with Crippen LogP contribution in [-0.4, -0.2) is 37.6 Å². The molecule has 0 spiro atoms. The number of aryl methyl sites for hydroxylation is 1. The summed E-state index contributed by atoms with van der Waals surface area (Å²) < 4.78 is 8.75. The van der Waals surface area contributed by atoms with E-state index in [9.17, 15) is 0 Å². The van der Waals surface area contributed by atoms with Gasteiger partial charge in [-0.2, -0.15) is 10.2 Å². The van der Waals surface area contributed by atoms with E-state index in [1.165, 1.54) is 18.4 Å². The van der Waals surface area contributed by atoms with Crippen molar-refractivity contribution in [3.63, 3.8) is 0 Å². The van der Waals surface area contributed by atoms with Gasteiger partial charge in [0.1, 0.15) is 0 Å². The van der Waals surface area contributed by atoms with Gasteiger partial charge in [-0.05, 0) is 55.2 Å². The lowest BCUT2D eigenvalue weighted by atomic mass is 9.97. The Morgan fingerprint density at radius 2 is 1.93 bits per heavy atom. The summed E-state index contributed by atoms with van der Waals surface area (Å²) in [5, 5.41) is 10.1. The van der Waals surface area contributed by atoms with Crippen LogP contribution in [0.25, 0.3) is 22.1 Å². The Morgan fingerprint density at radius 3 is 2.62 bits per heavy atom. The molecule has 1 fully saturated rings. The van der Waals surface area contributed by atoms with Gasteiger partial charge < -0.3 is 4.74 Å². The second-order valence-electron chi connectivity index (χ2n) is 7.58. The Kier molecular flexibility index (Phi) is 5.45. The highest BCUT2D eigenvalue weighted by molar-refractivity contribution is 5.79. The third kappa shape index (κ3) is 3.93. The number of rotatable bonds is 3. The standard InChI is InChI=1S/C19H19N5.C4H8O/c1-12(2)16-6-8-19-20-11-18(24(19)22-16)13(3)14-5-7-17-15(9-14)10-21-23(17)4;1-2-4-5-3-1/h5-11,13H,1H2,2-4H3;1-4H2. The van der Waals surface area contributed by atoms with Gasteiger partial charge in [-0.25, -0.2) is 9.50 Å². The molecule has 1 aliphatic rings. The van der Waals surface area contributed by atoms with Crippen LogP contribution in [0, 0.1) is 0 Å². The maximum Gasteiger partial charge on any atom is 0.153 e. The zero-order valence-electron chi connectivity index (χ0n) is 17.3. The van der Waals surface area contributed by atoms with Crippen LogP contribution in [0.4, 0.5) is 0 Å². The molecule has 6 heteroatoms. The normalized spacial score (nSPS) is 14.7. The summed E-state index contributed by atoms with van der Waals surface area (Å²) in [6, 6.07) is 10.4. The number of nitrogens with zero attached hydrogens (tertiary/aromatic N) is 5. The molecule has 150 valence electrons. The topological polar surface area (TPSA) is 57.2 Å². The summed E-state index contributed by atoms with van der Waals surface area (Å²) in [6.45, 7) is 10.1. The van der Waals surface area contributed by atoms with Crippen molar-refractivity contribution in [1.82, 2.24) is 24.4 Å². The van der Waals surface area contributed by atoms with Crippen LogP contribution in [0.2, 0.25) is 0 Å². The number of hydrogen-bond acceptors (Lipinski definition) is 4. The molecular formula is C23H27N5O. The molecule has 5 rings (SSSR count). The fourth-order valence-electron chi connectivity index (χ4n) is 3.55. The zero-order valence-corrected chi connectivity index (χ0v) is 17.3. The molecule has 4 heterocycles. The van der Waals surface area contributed by atoms with Crippen LogP contribution >= 0.6 is 0 Å². The maximum atomic E-state index is 4.94. The quantitative estimate of drug-likeness (QED) is 0.514. The second-order valence-corrected chi connectivity index (χ2v) is 7.58. The first-order valence-electron chi connectivity index (χ1n) is 10.0. The third-order valence-electron chi connectivity index (χ3n) is 5.37. The van der Waals surface area contributed by atoms with Gasteiger partial charge in [0.25, 0.3) is 0 Å². The summed E-state index contributed by atoms with van der Waals surface area (Å²) in [6.07, 6.45) is 6.36. The molecule has 1 aromatic carbocycles. The van der Waals surface area contributed by atoms with Gasteiger partial charge in [0.2, 0.25) is 0 Å². The molecule has 0 N–H and O–H groups in total. The van der Waals surface area contributed by atoms with Crippen LogP contribution in [0.1, 0.15) is 49.6 Å². The average Bonchev–Trinajstić information content (AvgIpc) is 3.49. The lowest BCUT2D eigenvalue weighted by Crippen LogP contribution is -2.05. The molecule has 29 heavy (non-hydrogen) atoms. The highest BCUT2D eigenvalue weighted by Crippen LogP contribution is 2.27. The van der Waals surface area contributed by atoms with Crippen molar-refractivity contribution in [1.29, 1.82) is 0 Å². The number of imidazole rings is 1. The lowest BCUT2D eigenvalue weighted by Gasteiger charge is -2.12. The predicted molar refractivity (Wildman–Crippen MR) is 116 cm³/mol. The molecule has 1 unspecified atom stereocenters. The monoisotopic (exact) mass is 389 g/mol. The largest absolute Gasteiger partial charge is 0.381 e. The first kappa shape index (κ1) is 19.3. The van der Waals surface area contributed by atoms with Crippen LogP contribution in [0.3, 0.4) is 0 Å². The minimum atomic E-state index is 0.178. The summed E-state index contributed by atoms with van der Waals surface area (Å²) in [5.74, 6) is 0.178. The number of ether oxygens (including phenoxy) is 1. The summed E-state index contributed by atoms with van der Waals surface area (Å²) in [5.41, 5.74) is 6.10. The zero-order chi connectivity index (χ0) is 20.4. The molecule has 0 saturated carbocycles. The Bertz CT molecular complexity index is 1150. The van der Waals surface area contributed by atoms with E-state index in [1.54, 1.807) is 0 Å². The Hall–Kier alpha value is -2.99. The van der Waals surface area contributed by atoms with Crippen LogP contribution in [0.15, 0.2) is 49.3 Å². The van der Waals surface area contributed by atoms with Gasteiger partial charge in [0.15, 0.2) is 5.65 Å². The molecule has 1 saturated heterocycles. The van der Waals surface area contributed by atoms with E-state index in [1.807, 2.05) is 47.7 Å². The number of hydrogen-bond donors (Lipinski definition) is 0. The first-order chi connectivity index (χ1) is 14.0. The van der Waals surface area contributed by atoms with E-state index in [0.29, 0.717) is 0 Å². The molecular weight excluding hydrogens is 362 g/mol. The lowest BCUT2D eigenvalue weighted by molar-refractivity contribution is 0.198. The minimum Gasteiger partial charge on any atom is -0.381 e. The Balaban J connectivity index is 0.000000359. The predicted octanol–water partition coefficient (Wildman–Crippen LogP) is 4.60. The molecule has 0 amide bonds. The molecule has 4 aromatic rings. The maximum absolute atomic E-state index is 4.94. The number of allylic oxidation sites excluding steroid dienone is 1. The van der Waals surface area contributed by atoms with Gasteiger partial charge >= 0.3 is 0 Å². The molecule has 6 nitrogen and oxygen atoms in total. The van der Waals surface area contributed by atoms with Gasteiger partial charge in [-0.3, -0.25) is 4.68 Å². The molecule has 0 aliphatic carbocycles. The number of fused-ring (bicyclic) bond motifs is 2.